The van der Waals surface area contributed by atoms with Gasteiger partial charge in [0.05, 0.1) is 6.61 Å². The van der Waals surface area contributed by atoms with E-state index in [-0.39, 0.29) is 12.5 Å². The summed E-state index contributed by atoms with van der Waals surface area (Å²) in [6.45, 7) is 4.64. The average molecular weight is 318 g/mol. The Kier molecular flexibility index (Phi) is 8.13. The average Bonchev–Trinajstić information content (AvgIpc) is 2.54. The van der Waals surface area contributed by atoms with Crippen molar-refractivity contribution in [1.82, 2.24) is 5.32 Å². The Bertz CT molecular complexity index is 564. The number of benzene rings is 1. The van der Waals surface area contributed by atoms with Gasteiger partial charge in [-0.3, -0.25) is 9.59 Å². The molecule has 0 unspecified atom stereocenters. The number of esters is 1. The van der Waals surface area contributed by atoms with Gasteiger partial charge in [-0.05, 0) is 37.6 Å². The highest BCUT2D eigenvalue weighted by Gasteiger charge is 2.05. The number of ether oxygens (including phenoxy) is 1. The first kappa shape index (κ1) is 18.4. The molecule has 0 atom stereocenters. The van der Waals surface area contributed by atoms with Crippen molar-refractivity contribution in [2.45, 2.75) is 26.7 Å². The highest BCUT2D eigenvalue weighted by Crippen LogP contribution is 2.09. The van der Waals surface area contributed by atoms with Gasteiger partial charge in [0.1, 0.15) is 0 Å². The molecule has 0 radical (unpaired) electrons. The number of hydrogen-bond donors (Lipinski definition) is 2. The molecule has 1 aromatic carbocycles. The molecule has 0 aliphatic carbocycles. The van der Waals surface area contributed by atoms with Gasteiger partial charge in [-0.15, -0.1) is 0 Å². The zero-order valence-electron chi connectivity index (χ0n) is 13.4. The summed E-state index contributed by atoms with van der Waals surface area (Å²) in [5.41, 5.74) is 1.06. The van der Waals surface area contributed by atoms with Gasteiger partial charge in [-0.25, -0.2) is 4.79 Å². The van der Waals surface area contributed by atoms with Crippen LogP contribution in [-0.4, -0.2) is 30.9 Å². The zero-order chi connectivity index (χ0) is 17.1. The van der Waals surface area contributed by atoms with E-state index in [1.54, 1.807) is 31.2 Å². The van der Waals surface area contributed by atoms with E-state index in [0.29, 0.717) is 17.8 Å². The fourth-order valence-corrected chi connectivity index (χ4v) is 1.70. The summed E-state index contributed by atoms with van der Waals surface area (Å²) < 4.78 is 4.67. The van der Waals surface area contributed by atoms with Crippen LogP contribution >= 0.6 is 0 Å². The molecule has 1 aromatic rings. The van der Waals surface area contributed by atoms with E-state index in [1.807, 2.05) is 0 Å². The Morgan fingerprint density at radius 3 is 2.39 bits per heavy atom. The molecule has 0 fully saturated rings. The van der Waals surface area contributed by atoms with Crippen LogP contribution in [0.3, 0.4) is 0 Å². The topological polar surface area (TPSA) is 84.5 Å². The number of carbonyl (C=O) groups excluding carboxylic acids is 3. The molecule has 6 heteroatoms. The fourth-order valence-electron chi connectivity index (χ4n) is 1.70. The summed E-state index contributed by atoms with van der Waals surface area (Å²) in [4.78, 5) is 34.6. The highest BCUT2D eigenvalue weighted by molar-refractivity contribution is 6.03. The van der Waals surface area contributed by atoms with Crippen molar-refractivity contribution in [2.24, 2.45) is 0 Å². The predicted octanol–water partition coefficient (Wildman–Crippen LogP) is 2.27. The minimum Gasteiger partial charge on any atom is -0.463 e. The maximum atomic E-state index is 11.8. The summed E-state index contributed by atoms with van der Waals surface area (Å²) in [5, 5.41) is 5.41. The Hall–Kier alpha value is -2.63. The van der Waals surface area contributed by atoms with Crippen LogP contribution in [0, 0.1) is 0 Å². The third-order valence-corrected chi connectivity index (χ3v) is 2.89. The van der Waals surface area contributed by atoms with Crippen LogP contribution in [-0.2, 0) is 14.3 Å². The fraction of sp³-hybridized carbons (Fsp3) is 0.353. The molecule has 23 heavy (non-hydrogen) atoms. The quantitative estimate of drug-likeness (QED) is 0.437. The van der Waals surface area contributed by atoms with Crippen molar-refractivity contribution >= 4 is 23.5 Å². The number of carbonyl (C=O) groups is 3. The van der Waals surface area contributed by atoms with Crippen LogP contribution in [0.1, 0.15) is 37.0 Å². The van der Waals surface area contributed by atoms with Crippen LogP contribution in [0.25, 0.3) is 0 Å². The van der Waals surface area contributed by atoms with Gasteiger partial charge < -0.3 is 15.4 Å². The van der Waals surface area contributed by atoms with Crippen molar-refractivity contribution in [1.29, 1.82) is 0 Å². The number of unbranched alkanes of at least 4 members (excludes halogenated alkanes) is 1. The molecule has 0 aromatic heterocycles. The van der Waals surface area contributed by atoms with Crippen molar-refractivity contribution in [3.8, 4) is 0 Å². The largest absolute Gasteiger partial charge is 0.463 e. The van der Waals surface area contributed by atoms with E-state index >= 15 is 0 Å². The van der Waals surface area contributed by atoms with Gasteiger partial charge in [0.15, 0.2) is 0 Å². The lowest BCUT2D eigenvalue weighted by atomic mass is 10.2. The minimum atomic E-state index is -0.568. The Balaban J connectivity index is 2.51. The molecule has 0 saturated carbocycles. The molecule has 0 bridgehead atoms. The van der Waals surface area contributed by atoms with E-state index < -0.39 is 11.9 Å². The lowest BCUT2D eigenvalue weighted by molar-refractivity contribution is -0.137. The summed E-state index contributed by atoms with van der Waals surface area (Å²) in [6.07, 6.45) is 4.12. The van der Waals surface area contributed by atoms with Gasteiger partial charge in [0, 0.05) is 29.9 Å². The lowest BCUT2D eigenvalue weighted by Crippen LogP contribution is -2.24. The molecule has 1 rings (SSSR count). The first-order valence-corrected chi connectivity index (χ1v) is 7.60. The number of amides is 2. The molecule has 0 heterocycles. The number of nitrogens with one attached hydrogen (secondary N) is 2. The van der Waals surface area contributed by atoms with E-state index in [1.165, 1.54) is 0 Å². The van der Waals surface area contributed by atoms with E-state index in [2.05, 4.69) is 22.3 Å². The highest BCUT2D eigenvalue weighted by atomic mass is 16.5. The number of hydrogen-bond acceptors (Lipinski definition) is 4. The Morgan fingerprint density at radius 1 is 1.09 bits per heavy atom. The van der Waals surface area contributed by atoms with Crippen molar-refractivity contribution in [2.75, 3.05) is 18.5 Å². The lowest BCUT2D eigenvalue weighted by Gasteiger charge is -2.06. The van der Waals surface area contributed by atoms with Gasteiger partial charge >= 0.3 is 5.97 Å². The molecule has 0 spiro atoms. The molecular weight excluding hydrogens is 296 g/mol. The maximum absolute atomic E-state index is 11.8. The second-order valence-electron chi connectivity index (χ2n) is 4.76. The van der Waals surface area contributed by atoms with E-state index in [9.17, 15) is 14.4 Å². The monoisotopic (exact) mass is 318 g/mol. The molecule has 6 nitrogen and oxygen atoms in total. The SMILES string of the molecule is CCCCNC(=O)c1ccc(NC(=O)/C=C/C(=O)OCC)cc1. The second kappa shape index (κ2) is 10.2. The molecule has 2 N–H and O–H groups in total. The zero-order valence-corrected chi connectivity index (χ0v) is 13.4. The summed E-state index contributed by atoms with van der Waals surface area (Å²) in [7, 11) is 0. The third-order valence-electron chi connectivity index (χ3n) is 2.89. The second-order valence-corrected chi connectivity index (χ2v) is 4.76. The maximum Gasteiger partial charge on any atom is 0.330 e. The van der Waals surface area contributed by atoms with Crippen LogP contribution in [0.4, 0.5) is 5.69 Å². The van der Waals surface area contributed by atoms with E-state index in [0.717, 1.165) is 25.0 Å². The van der Waals surface area contributed by atoms with Gasteiger partial charge in [0.2, 0.25) is 5.91 Å². The van der Waals surface area contributed by atoms with Crippen LogP contribution in [0.5, 0.6) is 0 Å². The summed E-state index contributed by atoms with van der Waals surface area (Å²) >= 11 is 0. The van der Waals surface area contributed by atoms with Crippen LogP contribution in [0.2, 0.25) is 0 Å². The van der Waals surface area contributed by atoms with Gasteiger partial charge in [-0.2, -0.15) is 0 Å². The van der Waals surface area contributed by atoms with E-state index in [4.69, 9.17) is 0 Å². The summed E-state index contributed by atoms with van der Waals surface area (Å²) in [5.74, 6) is -1.15. The molecule has 124 valence electrons. The molecule has 0 saturated heterocycles. The Labute approximate surface area is 135 Å². The number of anilines is 1. The molecular formula is C17H22N2O4. The number of rotatable bonds is 8. The predicted molar refractivity (Wildman–Crippen MR) is 88.1 cm³/mol. The molecule has 0 aliphatic rings. The third kappa shape index (κ3) is 7.26. The molecule has 0 aliphatic heterocycles. The Morgan fingerprint density at radius 2 is 1.78 bits per heavy atom. The first-order valence-electron chi connectivity index (χ1n) is 7.60. The van der Waals surface area contributed by atoms with Crippen LogP contribution in [0.15, 0.2) is 36.4 Å². The first-order chi connectivity index (χ1) is 11.1. The van der Waals surface area contributed by atoms with Crippen molar-refractivity contribution < 1.29 is 19.1 Å². The van der Waals surface area contributed by atoms with Gasteiger partial charge in [-0.1, -0.05) is 13.3 Å². The standard InChI is InChI=1S/C17H22N2O4/c1-3-5-12-18-17(22)13-6-8-14(9-7-13)19-15(20)10-11-16(21)23-4-2/h6-11H,3-5,12H2,1-2H3,(H,18,22)(H,19,20)/b11-10+. The van der Waals surface area contributed by atoms with Crippen molar-refractivity contribution in [3.63, 3.8) is 0 Å². The van der Waals surface area contributed by atoms with Crippen LogP contribution < -0.4 is 10.6 Å². The summed E-state index contributed by atoms with van der Waals surface area (Å²) in [6, 6.07) is 6.52. The van der Waals surface area contributed by atoms with Gasteiger partial charge in [0.25, 0.3) is 5.91 Å². The van der Waals surface area contributed by atoms with Crippen molar-refractivity contribution in [3.05, 3.63) is 42.0 Å². The minimum absolute atomic E-state index is 0.140. The molecule has 2 amide bonds. The normalized spacial score (nSPS) is 10.3. The smallest absolute Gasteiger partial charge is 0.330 e.